The number of carbonyl (C=O) groups is 2. The van der Waals surface area contributed by atoms with Crippen LogP contribution in [0.4, 0.5) is 0 Å². The Bertz CT molecular complexity index is 740. The molecule has 0 aromatic carbocycles. The van der Waals surface area contributed by atoms with Gasteiger partial charge in [-0.1, -0.05) is 0 Å². The monoisotopic (exact) mass is 360 g/mol. The standard InChI is InChI=1S/C16H20N6O2S/c23-15(10-22-11-17-18-19-22)20-5-7-21(8-6-20)16(24)14-9-12-3-1-2-4-13(12)25-14/h9,11H,1-8,10H2. The van der Waals surface area contributed by atoms with E-state index in [-0.39, 0.29) is 18.4 Å². The number of rotatable bonds is 3. The van der Waals surface area contributed by atoms with E-state index in [2.05, 4.69) is 21.6 Å². The van der Waals surface area contributed by atoms with E-state index in [9.17, 15) is 9.59 Å². The van der Waals surface area contributed by atoms with Crippen LogP contribution in [0.5, 0.6) is 0 Å². The molecule has 0 atom stereocenters. The predicted octanol–water partition coefficient (Wildman–Crippen LogP) is 0.598. The van der Waals surface area contributed by atoms with Gasteiger partial charge in [-0.05, 0) is 47.7 Å². The molecule has 1 aliphatic heterocycles. The average molecular weight is 360 g/mol. The first-order valence-electron chi connectivity index (χ1n) is 8.60. The second-order valence-corrected chi connectivity index (χ2v) is 7.58. The third-order valence-electron chi connectivity index (χ3n) is 4.82. The van der Waals surface area contributed by atoms with Crippen molar-refractivity contribution in [1.82, 2.24) is 30.0 Å². The summed E-state index contributed by atoms with van der Waals surface area (Å²) in [5.74, 6) is 0.0814. The molecule has 9 heteroatoms. The Labute approximate surface area is 149 Å². The molecule has 1 saturated heterocycles. The number of thiophene rings is 1. The molecule has 1 aliphatic carbocycles. The van der Waals surface area contributed by atoms with Gasteiger partial charge in [0.15, 0.2) is 0 Å². The molecular weight excluding hydrogens is 340 g/mol. The third kappa shape index (κ3) is 3.41. The quantitative estimate of drug-likeness (QED) is 0.800. The molecule has 2 aromatic heterocycles. The van der Waals surface area contributed by atoms with Crippen molar-refractivity contribution in [3.05, 3.63) is 27.7 Å². The third-order valence-corrected chi connectivity index (χ3v) is 6.04. The number of tetrazole rings is 1. The Morgan fingerprint density at radius 3 is 2.56 bits per heavy atom. The van der Waals surface area contributed by atoms with E-state index < -0.39 is 0 Å². The van der Waals surface area contributed by atoms with E-state index in [0.717, 1.165) is 17.7 Å². The lowest BCUT2D eigenvalue weighted by Crippen LogP contribution is -2.51. The van der Waals surface area contributed by atoms with Crippen molar-refractivity contribution < 1.29 is 9.59 Å². The summed E-state index contributed by atoms with van der Waals surface area (Å²) in [4.78, 5) is 30.9. The first-order valence-corrected chi connectivity index (χ1v) is 9.42. The van der Waals surface area contributed by atoms with E-state index in [1.54, 1.807) is 16.2 Å². The van der Waals surface area contributed by atoms with E-state index in [0.29, 0.717) is 26.2 Å². The number of amides is 2. The predicted molar refractivity (Wildman–Crippen MR) is 91.3 cm³/mol. The number of hydrogen-bond donors (Lipinski definition) is 0. The summed E-state index contributed by atoms with van der Waals surface area (Å²) in [5, 5.41) is 10.8. The minimum absolute atomic E-state index is 0.0222. The molecule has 2 aromatic rings. The topological polar surface area (TPSA) is 84.2 Å². The van der Waals surface area contributed by atoms with Crippen LogP contribution >= 0.6 is 11.3 Å². The first-order chi connectivity index (χ1) is 12.2. The summed E-state index contributed by atoms with van der Waals surface area (Å²) in [6.07, 6.45) is 6.07. The number of hydrogen-bond acceptors (Lipinski definition) is 6. The highest BCUT2D eigenvalue weighted by Crippen LogP contribution is 2.30. The molecule has 0 radical (unpaired) electrons. The van der Waals surface area contributed by atoms with Crippen LogP contribution in [0, 0.1) is 0 Å². The van der Waals surface area contributed by atoms with E-state index in [1.807, 2.05) is 4.90 Å². The lowest BCUT2D eigenvalue weighted by atomic mass is 9.99. The van der Waals surface area contributed by atoms with Crippen molar-refractivity contribution in [3.8, 4) is 0 Å². The maximum atomic E-state index is 12.8. The zero-order chi connectivity index (χ0) is 17.2. The number of carbonyl (C=O) groups excluding carboxylic acids is 2. The van der Waals surface area contributed by atoms with Gasteiger partial charge in [0.2, 0.25) is 5.91 Å². The van der Waals surface area contributed by atoms with Crippen LogP contribution in [0.25, 0.3) is 0 Å². The number of aromatic nitrogens is 4. The maximum Gasteiger partial charge on any atom is 0.264 e. The van der Waals surface area contributed by atoms with Crippen LogP contribution in [0.1, 0.15) is 33.0 Å². The van der Waals surface area contributed by atoms with E-state index >= 15 is 0 Å². The van der Waals surface area contributed by atoms with Crippen LogP contribution < -0.4 is 0 Å². The van der Waals surface area contributed by atoms with Crippen LogP contribution in [-0.4, -0.2) is 68.0 Å². The molecule has 4 rings (SSSR count). The average Bonchev–Trinajstić information content (AvgIpc) is 3.30. The summed E-state index contributed by atoms with van der Waals surface area (Å²) < 4.78 is 1.41. The van der Waals surface area contributed by atoms with Crippen molar-refractivity contribution >= 4 is 23.2 Å². The molecule has 0 unspecified atom stereocenters. The summed E-state index contributed by atoms with van der Waals surface area (Å²) in [6, 6.07) is 2.08. The van der Waals surface area contributed by atoms with Gasteiger partial charge in [0, 0.05) is 31.1 Å². The molecule has 1 fully saturated rings. The largest absolute Gasteiger partial charge is 0.338 e. The number of piperazine rings is 1. The SMILES string of the molecule is O=C(Cn1cnnn1)N1CCN(C(=O)c2cc3c(s2)CCCC3)CC1. The van der Waals surface area contributed by atoms with Crippen molar-refractivity contribution in [3.63, 3.8) is 0 Å². The first kappa shape index (κ1) is 16.2. The zero-order valence-corrected chi connectivity index (χ0v) is 14.7. The minimum atomic E-state index is -0.0222. The second-order valence-electron chi connectivity index (χ2n) is 6.45. The number of nitrogens with zero attached hydrogens (tertiary/aromatic N) is 6. The molecule has 2 amide bonds. The minimum Gasteiger partial charge on any atom is -0.338 e. The Morgan fingerprint density at radius 1 is 1.08 bits per heavy atom. The highest BCUT2D eigenvalue weighted by Gasteiger charge is 2.27. The molecular formula is C16H20N6O2S. The van der Waals surface area contributed by atoms with Gasteiger partial charge < -0.3 is 9.80 Å². The summed E-state index contributed by atoms with van der Waals surface area (Å²) in [6.45, 7) is 2.39. The zero-order valence-electron chi connectivity index (χ0n) is 13.9. The van der Waals surface area contributed by atoms with Crippen molar-refractivity contribution in [2.75, 3.05) is 26.2 Å². The van der Waals surface area contributed by atoms with E-state index in [4.69, 9.17) is 0 Å². The van der Waals surface area contributed by atoms with Gasteiger partial charge >= 0.3 is 0 Å². The van der Waals surface area contributed by atoms with Crippen molar-refractivity contribution in [1.29, 1.82) is 0 Å². The van der Waals surface area contributed by atoms with Crippen LogP contribution in [0.2, 0.25) is 0 Å². The Balaban J connectivity index is 1.34. The fourth-order valence-corrected chi connectivity index (χ4v) is 4.62. The van der Waals surface area contributed by atoms with Gasteiger partial charge in [-0.2, -0.15) is 0 Å². The Kier molecular flexibility index (Phi) is 4.48. The van der Waals surface area contributed by atoms with Crippen LogP contribution in [-0.2, 0) is 24.2 Å². The Hall–Kier alpha value is -2.29. The lowest BCUT2D eigenvalue weighted by Gasteiger charge is -2.34. The normalized spacial score (nSPS) is 17.4. The molecule has 8 nitrogen and oxygen atoms in total. The molecule has 0 bridgehead atoms. The van der Waals surface area contributed by atoms with Gasteiger partial charge in [-0.3, -0.25) is 9.59 Å². The summed E-state index contributed by atoms with van der Waals surface area (Å²) in [5.41, 5.74) is 1.36. The molecule has 0 N–H and O–H groups in total. The van der Waals surface area contributed by atoms with Gasteiger partial charge in [0.05, 0.1) is 4.88 Å². The van der Waals surface area contributed by atoms with Crippen LogP contribution in [0.3, 0.4) is 0 Å². The van der Waals surface area contributed by atoms with Gasteiger partial charge in [0.25, 0.3) is 5.91 Å². The number of fused-ring (bicyclic) bond motifs is 1. The van der Waals surface area contributed by atoms with Crippen molar-refractivity contribution in [2.45, 2.75) is 32.2 Å². The highest BCUT2D eigenvalue weighted by molar-refractivity contribution is 7.14. The van der Waals surface area contributed by atoms with Gasteiger partial charge in [-0.25, -0.2) is 4.68 Å². The molecule has 3 heterocycles. The summed E-state index contributed by atoms with van der Waals surface area (Å²) in [7, 11) is 0. The highest BCUT2D eigenvalue weighted by atomic mass is 32.1. The molecule has 2 aliphatic rings. The fraction of sp³-hybridized carbons (Fsp3) is 0.562. The lowest BCUT2D eigenvalue weighted by molar-refractivity contribution is -0.133. The van der Waals surface area contributed by atoms with E-state index in [1.165, 1.54) is 34.3 Å². The maximum absolute atomic E-state index is 12.8. The van der Waals surface area contributed by atoms with Crippen molar-refractivity contribution in [2.24, 2.45) is 0 Å². The number of aryl methyl sites for hydroxylation is 2. The second kappa shape index (κ2) is 6.91. The Morgan fingerprint density at radius 2 is 1.84 bits per heavy atom. The van der Waals surface area contributed by atoms with Crippen LogP contribution in [0.15, 0.2) is 12.4 Å². The molecule has 25 heavy (non-hydrogen) atoms. The molecule has 132 valence electrons. The van der Waals surface area contributed by atoms with Gasteiger partial charge in [-0.15, -0.1) is 16.4 Å². The van der Waals surface area contributed by atoms with Gasteiger partial charge in [0.1, 0.15) is 12.9 Å². The molecule has 0 spiro atoms. The fourth-order valence-electron chi connectivity index (χ4n) is 3.40. The smallest absolute Gasteiger partial charge is 0.264 e. The molecule has 0 saturated carbocycles. The summed E-state index contributed by atoms with van der Waals surface area (Å²) >= 11 is 1.65.